The first-order chi connectivity index (χ1) is 10.4. The van der Waals surface area contributed by atoms with Crippen LogP contribution in [0.15, 0.2) is 59.7 Å². The molecule has 0 spiro atoms. The molecule has 0 atom stereocenters. The molecule has 2 nitrogen and oxygen atoms in total. The molecule has 0 aromatic heterocycles. The number of fused-ring (bicyclic) bond motifs is 1. The Morgan fingerprint density at radius 3 is 2.41 bits per heavy atom. The minimum absolute atomic E-state index is 0.334. The molecular formula is C17H13F3N2. The Morgan fingerprint density at radius 2 is 1.73 bits per heavy atom. The van der Waals surface area contributed by atoms with Crippen molar-refractivity contribution in [2.45, 2.75) is 12.6 Å². The number of benzene rings is 2. The molecule has 0 unspecified atom stereocenters. The molecule has 0 fully saturated rings. The Morgan fingerprint density at radius 1 is 1.00 bits per heavy atom. The van der Waals surface area contributed by atoms with Crippen molar-refractivity contribution in [3.63, 3.8) is 0 Å². The van der Waals surface area contributed by atoms with Crippen molar-refractivity contribution in [2.24, 2.45) is 10.7 Å². The lowest BCUT2D eigenvalue weighted by Crippen LogP contribution is -2.14. The third-order valence-electron chi connectivity index (χ3n) is 3.54. The molecule has 112 valence electrons. The van der Waals surface area contributed by atoms with Crippen LogP contribution in [0.4, 0.5) is 13.2 Å². The van der Waals surface area contributed by atoms with E-state index in [-0.39, 0.29) is 0 Å². The fourth-order valence-electron chi connectivity index (χ4n) is 2.46. The van der Waals surface area contributed by atoms with E-state index >= 15 is 0 Å². The quantitative estimate of drug-likeness (QED) is 0.849. The van der Waals surface area contributed by atoms with Crippen LogP contribution in [0, 0.1) is 0 Å². The molecule has 0 saturated carbocycles. The summed E-state index contributed by atoms with van der Waals surface area (Å²) in [7, 11) is 0. The van der Waals surface area contributed by atoms with Crippen LogP contribution in [0.3, 0.4) is 0 Å². The lowest BCUT2D eigenvalue weighted by Gasteiger charge is -2.14. The highest BCUT2D eigenvalue weighted by Crippen LogP contribution is 2.35. The number of nitrogens with two attached hydrogens (primary N) is 1. The van der Waals surface area contributed by atoms with Crippen molar-refractivity contribution in [3.05, 3.63) is 77.0 Å². The summed E-state index contributed by atoms with van der Waals surface area (Å²) < 4.78 is 39.0. The third-order valence-corrected chi connectivity index (χ3v) is 3.54. The van der Waals surface area contributed by atoms with Crippen LogP contribution < -0.4 is 5.73 Å². The van der Waals surface area contributed by atoms with Gasteiger partial charge in [-0.05, 0) is 28.8 Å². The highest BCUT2D eigenvalue weighted by molar-refractivity contribution is 5.91. The minimum atomic E-state index is -4.38. The number of halogens is 3. The van der Waals surface area contributed by atoms with Crippen LogP contribution in [-0.4, -0.2) is 5.84 Å². The number of aliphatic imine (C=N–C) groups is 1. The number of hydrogen-bond donors (Lipinski definition) is 1. The Kier molecular flexibility index (Phi) is 3.48. The van der Waals surface area contributed by atoms with Gasteiger partial charge in [-0.25, -0.2) is 4.99 Å². The van der Waals surface area contributed by atoms with Gasteiger partial charge in [0.25, 0.3) is 0 Å². The molecule has 0 radical (unpaired) electrons. The number of hydrogen-bond acceptors (Lipinski definition) is 2. The zero-order chi connectivity index (χ0) is 15.7. The van der Waals surface area contributed by atoms with Gasteiger partial charge in [0.05, 0.1) is 5.56 Å². The zero-order valence-corrected chi connectivity index (χ0v) is 11.6. The molecule has 1 aliphatic heterocycles. The highest BCUT2D eigenvalue weighted by Gasteiger charge is 2.31. The first kappa shape index (κ1) is 14.4. The smallest absolute Gasteiger partial charge is 0.387 e. The molecule has 1 aliphatic rings. The maximum Gasteiger partial charge on any atom is 0.416 e. The van der Waals surface area contributed by atoms with Crippen molar-refractivity contribution in [3.8, 4) is 0 Å². The third kappa shape index (κ3) is 2.74. The van der Waals surface area contributed by atoms with Gasteiger partial charge in [0.1, 0.15) is 5.84 Å². The lowest BCUT2D eigenvalue weighted by molar-refractivity contribution is -0.137. The van der Waals surface area contributed by atoms with Gasteiger partial charge >= 0.3 is 6.18 Å². The van der Waals surface area contributed by atoms with E-state index in [0.29, 0.717) is 23.4 Å². The van der Waals surface area contributed by atoms with Crippen LogP contribution in [0.5, 0.6) is 0 Å². The van der Waals surface area contributed by atoms with E-state index in [2.05, 4.69) is 4.99 Å². The second-order valence-corrected chi connectivity index (χ2v) is 5.08. The standard InChI is InChI=1S/C17H13F3N2/c18-17(19,20)13-7-6-12-8-16(21)22-10-15(14(12)9-13)11-4-2-1-3-5-11/h1-7,9-10H,8H2,(H2,21,22). The SMILES string of the molecule is NC1=NC=C(c2ccccc2)c2cc(C(F)(F)F)ccc2C1. The summed E-state index contributed by atoms with van der Waals surface area (Å²) in [4.78, 5) is 4.14. The van der Waals surface area contributed by atoms with Gasteiger partial charge < -0.3 is 5.73 Å². The molecule has 2 aromatic carbocycles. The number of amidine groups is 1. The van der Waals surface area contributed by atoms with E-state index in [1.54, 1.807) is 0 Å². The van der Waals surface area contributed by atoms with E-state index < -0.39 is 11.7 Å². The lowest BCUT2D eigenvalue weighted by atomic mass is 9.92. The summed E-state index contributed by atoms with van der Waals surface area (Å²) >= 11 is 0. The molecule has 22 heavy (non-hydrogen) atoms. The van der Waals surface area contributed by atoms with Crippen LogP contribution in [0.1, 0.15) is 22.3 Å². The van der Waals surface area contributed by atoms with Gasteiger partial charge in [-0.15, -0.1) is 0 Å². The van der Waals surface area contributed by atoms with E-state index in [4.69, 9.17) is 5.73 Å². The largest absolute Gasteiger partial charge is 0.416 e. The molecule has 0 amide bonds. The first-order valence-electron chi connectivity index (χ1n) is 6.73. The van der Waals surface area contributed by atoms with Crippen molar-refractivity contribution in [2.75, 3.05) is 0 Å². The average molecular weight is 302 g/mol. The Hall–Kier alpha value is -2.56. The van der Waals surface area contributed by atoms with E-state index in [1.807, 2.05) is 30.3 Å². The Balaban J connectivity index is 2.20. The van der Waals surface area contributed by atoms with Gasteiger partial charge in [-0.1, -0.05) is 36.4 Å². The van der Waals surface area contributed by atoms with Gasteiger partial charge in [0.15, 0.2) is 0 Å². The summed E-state index contributed by atoms with van der Waals surface area (Å²) in [5.41, 5.74) is 7.83. The van der Waals surface area contributed by atoms with Crippen molar-refractivity contribution < 1.29 is 13.2 Å². The van der Waals surface area contributed by atoms with Crippen LogP contribution in [0.25, 0.3) is 5.57 Å². The van der Waals surface area contributed by atoms with E-state index in [0.717, 1.165) is 17.2 Å². The predicted octanol–water partition coefficient (Wildman–Crippen LogP) is 4.01. The second kappa shape index (κ2) is 5.33. The molecule has 5 heteroatoms. The molecular weight excluding hydrogens is 289 g/mol. The van der Waals surface area contributed by atoms with Crippen molar-refractivity contribution in [1.29, 1.82) is 0 Å². The molecule has 0 bridgehead atoms. The molecule has 2 aromatic rings. The fourth-order valence-corrected chi connectivity index (χ4v) is 2.46. The average Bonchev–Trinajstić information content (AvgIpc) is 2.65. The summed E-state index contributed by atoms with van der Waals surface area (Å²) in [6.07, 6.45) is -2.51. The maximum absolute atomic E-state index is 13.0. The highest BCUT2D eigenvalue weighted by atomic mass is 19.4. The minimum Gasteiger partial charge on any atom is -0.387 e. The normalized spacial score (nSPS) is 14.7. The summed E-state index contributed by atoms with van der Waals surface area (Å²) in [6, 6.07) is 12.9. The number of rotatable bonds is 1. The second-order valence-electron chi connectivity index (χ2n) is 5.08. The molecule has 1 heterocycles. The first-order valence-corrected chi connectivity index (χ1v) is 6.73. The van der Waals surface area contributed by atoms with Gasteiger partial charge in [0, 0.05) is 18.2 Å². The molecule has 2 N–H and O–H groups in total. The van der Waals surface area contributed by atoms with Crippen LogP contribution >= 0.6 is 0 Å². The molecule has 3 rings (SSSR count). The number of alkyl halides is 3. The summed E-state index contributed by atoms with van der Waals surface area (Å²) in [5, 5.41) is 0. The Labute approximate surface area is 125 Å². The summed E-state index contributed by atoms with van der Waals surface area (Å²) in [5.74, 6) is 0.381. The predicted molar refractivity (Wildman–Crippen MR) is 80.3 cm³/mol. The Bertz CT molecular complexity index is 759. The monoisotopic (exact) mass is 302 g/mol. The molecule has 0 aliphatic carbocycles. The van der Waals surface area contributed by atoms with Crippen molar-refractivity contribution >= 4 is 11.4 Å². The van der Waals surface area contributed by atoms with Gasteiger partial charge in [0.2, 0.25) is 0 Å². The zero-order valence-electron chi connectivity index (χ0n) is 11.6. The van der Waals surface area contributed by atoms with Gasteiger partial charge in [-0.3, -0.25) is 0 Å². The van der Waals surface area contributed by atoms with E-state index in [9.17, 15) is 13.2 Å². The van der Waals surface area contributed by atoms with Gasteiger partial charge in [-0.2, -0.15) is 13.2 Å². The van der Waals surface area contributed by atoms with Crippen LogP contribution in [0.2, 0.25) is 0 Å². The van der Waals surface area contributed by atoms with E-state index in [1.165, 1.54) is 18.3 Å². The maximum atomic E-state index is 13.0. The van der Waals surface area contributed by atoms with Crippen LogP contribution in [-0.2, 0) is 12.6 Å². The topological polar surface area (TPSA) is 38.4 Å². The molecule has 0 saturated heterocycles. The van der Waals surface area contributed by atoms with Crippen molar-refractivity contribution in [1.82, 2.24) is 0 Å². The summed E-state index contributed by atoms with van der Waals surface area (Å²) in [6.45, 7) is 0. The fraction of sp³-hybridized carbons (Fsp3) is 0.118. The number of nitrogens with zero attached hydrogens (tertiary/aromatic N) is 1.